The van der Waals surface area contributed by atoms with E-state index in [2.05, 4.69) is 27.6 Å². The maximum Gasteiger partial charge on any atom is 0.276 e. The number of aromatic nitrogens is 1. The summed E-state index contributed by atoms with van der Waals surface area (Å²) in [5.74, 6) is 1.12. The molecule has 1 aliphatic rings. The van der Waals surface area contributed by atoms with Gasteiger partial charge in [0.25, 0.3) is 5.91 Å². The Morgan fingerprint density at radius 3 is 2.79 bits per heavy atom. The summed E-state index contributed by atoms with van der Waals surface area (Å²) in [6.45, 7) is 5.95. The van der Waals surface area contributed by atoms with Crippen molar-refractivity contribution in [1.82, 2.24) is 15.0 Å². The Kier molecular flexibility index (Phi) is 6.18. The van der Waals surface area contributed by atoms with Gasteiger partial charge in [0, 0.05) is 42.6 Å². The molecule has 1 amide bonds. The summed E-state index contributed by atoms with van der Waals surface area (Å²) in [4.78, 5) is 18.6. The van der Waals surface area contributed by atoms with Crippen LogP contribution in [0.1, 0.15) is 26.7 Å². The highest BCUT2D eigenvalue weighted by molar-refractivity contribution is 7.09. The molecule has 1 aromatic carbocycles. The number of ether oxygens (including phenoxy) is 1. The van der Waals surface area contributed by atoms with Crippen LogP contribution in [0.25, 0.3) is 0 Å². The molecule has 152 valence electrons. The van der Waals surface area contributed by atoms with Crippen molar-refractivity contribution >= 4 is 28.8 Å². The molecule has 2 aromatic heterocycles. The van der Waals surface area contributed by atoms with Crippen LogP contribution in [0.15, 0.2) is 46.3 Å². The van der Waals surface area contributed by atoms with Crippen LogP contribution in [0.4, 0.5) is 0 Å². The van der Waals surface area contributed by atoms with Crippen molar-refractivity contribution in [1.29, 1.82) is 0 Å². The van der Waals surface area contributed by atoms with Crippen LogP contribution in [0.5, 0.6) is 5.75 Å². The Bertz CT molecular complexity index is 965. The number of carbonyl (C=O) groups excluding carboxylic acids is 1. The largest absolute Gasteiger partial charge is 0.489 e. The molecule has 0 spiro atoms. The molecule has 1 fully saturated rings. The first-order valence-corrected chi connectivity index (χ1v) is 10.7. The van der Waals surface area contributed by atoms with Crippen molar-refractivity contribution < 1.29 is 14.1 Å². The second-order valence-corrected chi connectivity index (χ2v) is 8.43. The van der Waals surface area contributed by atoms with Gasteiger partial charge in [0.05, 0.1) is 5.56 Å². The van der Waals surface area contributed by atoms with Crippen LogP contribution in [0.2, 0.25) is 5.02 Å². The maximum absolute atomic E-state index is 13.0. The van der Waals surface area contributed by atoms with Gasteiger partial charge in [-0.25, -0.2) is 0 Å². The first kappa shape index (κ1) is 19.9. The molecule has 0 atom stereocenters. The first-order valence-electron chi connectivity index (χ1n) is 9.47. The van der Waals surface area contributed by atoms with Crippen molar-refractivity contribution in [3.8, 4) is 5.75 Å². The number of hydrogen-bond acceptors (Lipinski definition) is 6. The monoisotopic (exact) mass is 431 g/mol. The summed E-state index contributed by atoms with van der Waals surface area (Å²) in [7, 11) is 0. The van der Waals surface area contributed by atoms with Crippen LogP contribution < -0.4 is 4.74 Å². The minimum Gasteiger partial charge on any atom is -0.489 e. The number of thiophene rings is 1. The van der Waals surface area contributed by atoms with Gasteiger partial charge < -0.3 is 14.2 Å². The van der Waals surface area contributed by atoms with Crippen molar-refractivity contribution in [2.75, 3.05) is 26.2 Å². The molecule has 3 aromatic rings. The fourth-order valence-corrected chi connectivity index (χ4v) is 4.25. The Morgan fingerprint density at radius 1 is 1.24 bits per heavy atom. The minimum atomic E-state index is -0.109. The Morgan fingerprint density at radius 2 is 2.07 bits per heavy atom. The van der Waals surface area contributed by atoms with Crippen LogP contribution in [-0.4, -0.2) is 47.0 Å². The predicted octanol–water partition coefficient (Wildman–Crippen LogP) is 4.23. The second-order valence-electron chi connectivity index (χ2n) is 6.96. The van der Waals surface area contributed by atoms with Crippen molar-refractivity contribution in [2.45, 2.75) is 20.1 Å². The Hall–Kier alpha value is -2.35. The molecule has 1 aliphatic heterocycles. The molecule has 0 radical (unpaired) electrons. The SMILES string of the molecule is Cc1onc(C(=O)N2CCN(Cc3cccs3)CC2)c1COc1cccc(Cl)c1. The third-order valence-corrected chi connectivity index (χ3v) is 6.08. The highest BCUT2D eigenvalue weighted by Gasteiger charge is 2.28. The van der Waals surface area contributed by atoms with Gasteiger partial charge in [-0.2, -0.15) is 0 Å². The summed E-state index contributed by atoms with van der Waals surface area (Å²) in [5, 5.41) is 6.71. The number of carbonyl (C=O) groups is 1. The van der Waals surface area contributed by atoms with Gasteiger partial charge in [0.1, 0.15) is 18.1 Å². The average Bonchev–Trinajstić information content (AvgIpc) is 3.36. The van der Waals surface area contributed by atoms with E-state index in [0.717, 1.165) is 19.6 Å². The van der Waals surface area contributed by atoms with Gasteiger partial charge in [-0.3, -0.25) is 9.69 Å². The summed E-state index contributed by atoms with van der Waals surface area (Å²) >= 11 is 7.76. The molecule has 4 rings (SSSR count). The second kappa shape index (κ2) is 8.98. The van der Waals surface area contributed by atoms with E-state index in [1.165, 1.54) is 4.88 Å². The number of aryl methyl sites for hydroxylation is 1. The molecule has 0 unspecified atom stereocenters. The summed E-state index contributed by atoms with van der Waals surface area (Å²) in [5.41, 5.74) is 1.01. The highest BCUT2D eigenvalue weighted by atomic mass is 35.5. The number of halogens is 1. The zero-order chi connectivity index (χ0) is 20.2. The molecule has 0 saturated carbocycles. The normalized spacial score (nSPS) is 14.9. The molecule has 0 N–H and O–H groups in total. The van der Waals surface area contributed by atoms with Gasteiger partial charge >= 0.3 is 0 Å². The standard InChI is InChI=1S/C21H22ClN3O3S/c1-15-19(14-27-17-5-2-4-16(22)12-17)20(23-28-15)21(26)25-9-7-24(8-10-25)13-18-6-3-11-29-18/h2-6,11-12H,7-10,13-14H2,1H3. The van der Waals surface area contributed by atoms with E-state index >= 15 is 0 Å². The maximum atomic E-state index is 13.0. The molecular formula is C21H22ClN3O3S. The van der Waals surface area contributed by atoms with Crippen LogP contribution in [0, 0.1) is 6.92 Å². The smallest absolute Gasteiger partial charge is 0.276 e. The average molecular weight is 432 g/mol. The minimum absolute atomic E-state index is 0.109. The predicted molar refractivity (Wildman–Crippen MR) is 113 cm³/mol. The van der Waals surface area contributed by atoms with E-state index in [0.29, 0.717) is 40.9 Å². The molecule has 0 aliphatic carbocycles. The van der Waals surface area contributed by atoms with Gasteiger partial charge in [-0.1, -0.05) is 28.9 Å². The van der Waals surface area contributed by atoms with E-state index in [1.807, 2.05) is 17.0 Å². The topological polar surface area (TPSA) is 58.8 Å². The van der Waals surface area contributed by atoms with Crippen molar-refractivity contribution in [2.24, 2.45) is 0 Å². The summed E-state index contributed by atoms with van der Waals surface area (Å²) in [6.07, 6.45) is 0. The quantitative estimate of drug-likeness (QED) is 0.584. The Labute approximate surface area is 178 Å². The number of hydrogen-bond donors (Lipinski definition) is 0. The van der Waals surface area contributed by atoms with Crippen LogP contribution in [-0.2, 0) is 13.2 Å². The lowest BCUT2D eigenvalue weighted by Crippen LogP contribution is -2.48. The van der Waals surface area contributed by atoms with Crippen LogP contribution >= 0.6 is 22.9 Å². The zero-order valence-electron chi connectivity index (χ0n) is 16.1. The zero-order valence-corrected chi connectivity index (χ0v) is 17.7. The summed E-state index contributed by atoms with van der Waals surface area (Å²) in [6, 6.07) is 11.4. The molecular weight excluding hydrogens is 410 g/mol. The first-order chi connectivity index (χ1) is 14.1. The third kappa shape index (κ3) is 4.80. The lowest BCUT2D eigenvalue weighted by molar-refractivity contribution is 0.0617. The fourth-order valence-electron chi connectivity index (χ4n) is 3.32. The lowest BCUT2D eigenvalue weighted by Gasteiger charge is -2.34. The van der Waals surface area contributed by atoms with E-state index in [4.69, 9.17) is 20.9 Å². The highest BCUT2D eigenvalue weighted by Crippen LogP contribution is 2.22. The number of piperazine rings is 1. The van der Waals surface area contributed by atoms with E-state index in [-0.39, 0.29) is 12.5 Å². The van der Waals surface area contributed by atoms with Gasteiger partial charge in [0.15, 0.2) is 5.69 Å². The van der Waals surface area contributed by atoms with Gasteiger partial charge in [-0.05, 0) is 36.6 Å². The molecule has 8 heteroatoms. The van der Waals surface area contributed by atoms with E-state index in [1.54, 1.807) is 30.4 Å². The van der Waals surface area contributed by atoms with E-state index < -0.39 is 0 Å². The van der Waals surface area contributed by atoms with Crippen molar-refractivity contribution in [3.63, 3.8) is 0 Å². The summed E-state index contributed by atoms with van der Waals surface area (Å²) < 4.78 is 11.1. The third-order valence-electron chi connectivity index (χ3n) is 4.99. The number of benzene rings is 1. The fraction of sp³-hybridized carbons (Fsp3) is 0.333. The Balaban J connectivity index is 1.38. The van der Waals surface area contributed by atoms with Crippen LogP contribution in [0.3, 0.4) is 0 Å². The molecule has 0 bridgehead atoms. The molecule has 29 heavy (non-hydrogen) atoms. The van der Waals surface area contributed by atoms with E-state index in [9.17, 15) is 4.79 Å². The number of nitrogens with zero attached hydrogens (tertiary/aromatic N) is 3. The van der Waals surface area contributed by atoms with Crippen molar-refractivity contribution in [3.05, 3.63) is 68.7 Å². The molecule has 3 heterocycles. The van der Waals surface area contributed by atoms with Gasteiger partial charge in [0.2, 0.25) is 0 Å². The number of rotatable bonds is 6. The van der Waals surface area contributed by atoms with Gasteiger partial charge in [-0.15, -0.1) is 11.3 Å². The lowest BCUT2D eigenvalue weighted by atomic mass is 10.1. The molecule has 6 nitrogen and oxygen atoms in total. The molecule has 1 saturated heterocycles. The number of amides is 1.